The molecule has 0 aromatic heterocycles. The Kier molecular flexibility index (Phi) is 28.6. The topological polar surface area (TPSA) is 121 Å². The van der Waals surface area contributed by atoms with Gasteiger partial charge in [-0.2, -0.15) is 0 Å². The summed E-state index contributed by atoms with van der Waals surface area (Å²) in [6.45, 7) is -5.32. The third-order valence-corrected chi connectivity index (χ3v) is 4.40. The molecular weight excluding hydrogens is 468 g/mol. The Bertz CT molecular complexity index is 316. The van der Waals surface area contributed by atoms with Gasteiger partial charge in [-0.15, -0.1) is 0 Å². The molecule has 6 nitrogen and oxygen atoms in total. The summed E-state index contributed by atoms with van der Waals surface area (Å²) in [7, 11) is 0. The van der Waals surface area contributed by atoms with Crippen LogP contribution in [0.1, 0.15) is 90.4 Å². The first-order valence-electron chi connectivity index (χ1n) is 9.27. The zero-order valence-corrected chi connectivity index (χ0v) is 22.4. The van der Waals surface area contributed by atoms with Crippen molar-refractivity contribution in [2.24, 2.45) is 0 Å². The second kappa shape index (κ2) is 23.0. The Balaban J connectivity index is -0.000000433. The van der Waals surface area contributed by atoms with Gasteiger partial charge in [0.25, 0.3) is 0 Å². The maximum absolute atomic E-state index is 7.56. The van der Waals surface area contributed by atoms with Gasteiger partial charge in [0, 0.05) is 0 Å². The van der Waals surface area contributed by atoms with Crippen LogP contribution in [0.2, 0.25) is 5.02 Å². The Hall–Kier alpha value is 1.68. The third kappa shape index (κ3) is 72.6. The molecule has 11 heteroatoms. The van der Waals surface area contributed by atoms with Gasteiger partial charge >= 0.3 is 107 Å². The first-order chi connectivity index (χ1) is 11.9. The summed E-state index contributed by atoms with van der Waals surface area (Å²) in [5.41, 5.74) is 0. The molecule has 0 aliphatic rings. The number of hydrogen-bond acceptors (Lipinski definition) is 2. The summed E-state index contributed by atoms with van der Waals surface area (Å²) in [5.74, 6) is 0. The van der Waals surface area contributed by atoms with E-state index in [1.807, 2.05) is 0 Å². The van der Waals surface area contributed by atoms with E-state index in [4.69, 9.17) is 29.4 Å². The quantitative estimate of drug-likeness (QED) is 0.124. The predicted octanol–water partition coefficient (Wildman–Crippen LogP) is 4.42. The normalized spacial score (nSPS) is 11.3. The summed E-state index contributed by atoms with van der Waals surface area (Å²) < 4.78 is 0. The standard InChI is InChI=1S/C15H31.2H3O3PS.Zn/c1-3-5-7-9-11-13-15-14-12-10-8-6-4-2;2*1-4(2,3)5;/h1,3-15H2,2H3;2*(H3,1,2,3,5);. The van der Waals surface area contributed by atoms with Crippen LogP contribution in [0.5, 0.6) is 0 Å². The zero-order valence-electron chi connectivity index (χ0n) is 16.0. The van der Waals surface area contributed by atoms with Crippen molar-refractivity contribution in [3.8, 4) is 0 Å². The molecule has 0 aromatic carbocycles. The predicted molar refractivity (Wildman–Crippen MR) is 112 cm³/mol. The molecule has 0 unspecified atom stereocenters. The van der Waals surface area contributed by atoms with Gasteiger partial charge in [0.15, 0.2) is 0 Å². The molecule has 6 N–H and O–H groups in total. The molecule has 0 rings (SSSR count). The first-order valence-corrected chi connectivity index (χ1v) is 16.7. The maximum atomic E-state index is 7.56. The van der Waals surface area contributed by atoms with Gasteiger partial charge in [-0.3, -0.25) is 0 Å². The van der Waals surface area contributed by atoms with E-state index in [2.05, 4.69) is 30.5 Å². The Morgan fingerprint density at radius 3 is 0.923 bits per heavy atom. The molecule has 0 atom stereocenters. The summed E-state index contributed by atoms with van der Waals surface area (Å²) in [6.07, 6.45) is 19.2. The van der Waals surface area contributed by atoms with Crippen molar-refractivity contribution in [1.29, 1.82) is 0 Å². The fourth-order valence-electron chi connectivity index (χ4n) is 2.19. The molecular formula is C15H37O6P2S2Zn. The summed E-state index contributed by atoms with van der Waals surface area (Å²) in [5, 5.41) is 1.50. The average Bonchev–Trinajstić information content (AvgIpc) is 2.45. The third-order valence-electron chi connectivity index (χ3n) is 3.35. The van der Waals surface area contributed by atoms with Crippen molar-refractivity contribution in [3.63, 3.8) is 0 Å². The van der Waals surface area contributed by atoms with E-state index in [1.54, 1.807) is 0 Å². The zero-order chi connectivity index (χ0) is 20.9. The van der Waals surface area contributed by atoms with Crippen LogP contribution in [-0.2, 0) is 41.9 Å². The average molecular weight is 505 g/mol. The first kappa shape index (κ1) is 32.4. The van der Waals surface area contributed by atoms with Crippen LogP contribution in [-0.4, -0.2) is 29.4 Å². The van der Waals surface area contributed by atoms with E-state index >= 15 is 0 Å². The largest absolute Gasteiger partial charge is 0.325 e. The van der Waals surface area contributed by atoms with E-state index in [-0.39, 0.29) is 0 Å². The van der Waals surface area contributed by atoms with Crippen LogP contribution in [0.25, 0.3) is 0 Å². The minimum Gasteiger partial charge on any atom is -0.325 e. The van der Waals surface area contributed by atoms with Crippen LogP contribution < -0.4 is 0 Å². The van der Waals surface area contributed by atoms with E-state index in [0.29, 0.717) is 0 Å². The van der Waals surface area contributed by atoms with Crippen molar-refractivity contribution in [2.75, 3.05) is 0 Å². The van der Waals surface area contributed by atoms with E-state index in [0.717, 1.165) is 0 Å². The van der Waals surface area contributed by atoms with Crippen molar-refractivity contribution in [3.05, 3.63) is 0 Å². The molecule has 157 valence electrons. The second-order valence-electron chi connectivity index (χ2n) is 6.12. The number of rotatable bonds is 13. The molecule has 0 fully saturated rings. The van der Waals surface area contributed by atoms with Crippen LogP contribution in [0.4, 0.5) is 0 Å². The molecule has 0 heterocycles. The molecule has 0 spiro atoms. The Morgan fingerprint density at radius 1 is 0.538 bits per heavy atom. The van der Waals surface area contributed by atoms with Gasteiger partial charge in [0.05, 0.1) is 0 Å². The maximum Gasteiger partial charge on any atom is 0.319 e. The van der Waals surface area contributed by atoms with Gasteiger partial charge in [-0.1, -0.05) is 19.8 Å². The molecule has 0 aliphatic carbocycles. The number of hydrogen-bond donors (Lipinski definition) is 6. The fraction of sp³-hybridized carbons (Fsp3) is 1.00. The molecule has 0 radical (unpaired) electrons. The SMILES string of the molecule is CCCCCCCCCCCCCC[CH2][Zn].OP(O)(O)=S.OP(O)(O)=S. The van der Waals surface area contributed by atoms with E-state index in [1.165, 1.54) is 107 Å². The minimum absolute atomic E-state index is 1.38. The molecule has 0 amide bonds. The molecule has 0 aliphatic heterocycles. The van der Waals surface area contributed by atoms with Crippen molar-refractivity contribution >= 4 is 37.1 Å². The van der Waals surface area contributed by atoms with Gasteiger partial charge in [0.1, 0.15) is 0 Å². The molecule has 0 bridgehead atoms. The monoisotopic (exact) mass is 503 g/mol. The molecule has 0 saturated heterocycles. The molecule has 0 aromatic rings. The van der Waals surface area contributed by atoms with Gasteiger partial charge in [-0.25, -0.2) is 0 Å². The minimum atomic E-state index is -3.81. The summed E-state index contributed by atoms with van der Waals surface area (Å²) in [4.78, 5) is 45.3. The summed E-state index contributed by atoms with van der Waals surface area (Å²) in [6, 6.07) is 0. The Morgan fingerprint density at radius 2 is 0.731 bits per heavy atom. The number of unbranched alkanes of at least 4 members (excludes halogenated alkanes) is 12. The molecule has 0 saturated carbocycles. The van der Waals surface area contributed by atoms with E-state index in [9.17, 15) is 0 Å². The summed E-state index contributed by atoms with van der Waals surface area (Å²) >= 11 is 8.71. The van der Waals surface area contributed by atoms with Crippen LogP contribution in [0.15, 0.2) is 0 Å². The van der Waals surface area contributed by atoms with Gasteiger partial charge in [0.2, 0.25) is 0 Å². The Labute approximate surface area is 179 Å². The smallest absolute Gasteiger partial charge is 0.319 e. The van der Waals surface area contributed by atoms with Crippen molar-refractivity contribution in [2.45, 2.75) is 95.4 Å². The van der Waals surface area contributed by atoms with Crippen molar-refractivity contribution < 1.29 is 47.7 Å². The van der Waals surface area contributed by atoms with Gasteiger partial charge < -0.3 is 29.4 Å². The van der Waals surface area contributed by atoms with Crippen LogP contribution in [0.3, 0.4) is 0 Å². The van der Waals surface area contributed by atoms with E-state index < -0.39 is 13.4 Å². The molecule has 26 heavy (non-hydrogen) atoms. The van der Waals surface area contributed by atoms with Crippen LogP contribution in [0, 0.1) is 0 Å². The van der Waals surface area contributed by atoms with Gasteiger partial charge in [-0.05, 0) is 23.6 Å². The second-order valence-corrected chi connectivity index (χ2v) is 12.6. The fourth-order valence-corrected chi connectivity index (χ4v) is 2.94. The van der Waals surface area contributed by atoms with Crippen LogP contribution >= 0.6 is 13.4 Å². The van der Waals surface area contributed by atoms with Crippen molar-refractivity contribution in [1.82, 2.24) is 0 Å².